The molecule has 180 valence electrons. The minimum Gasteiger partial charge on any atom is -0.495 e. The van der Waals surface area contributed by atoms with Crippen LogP contribution < -0.4 is 10.1 Å². The van der Waals surface area contributed by atoms with Crippen LogP contribution in [0.15, 0.2) is 39.9 Å². The molecule has 1 amide bonds. The molecule has 0 saturated heterocycles. The van der Waals surface area contributed by atoms with Gasteiger partial charge in [0.05, 0.1) is 29.1 Å². The number of hydrogen-bond donors (Lipinski definition) is 1. The summed E-state index contributed by atoms with van der Waals surface area (Å²) in [5.74, 6) is 2.02. The summed E-state index contributed by atoms with van der Waals surface area (Å²) in [7, 11) is 1.67. The van der Waals surface area contributed by atoms with Crippen molar-refractivity contribution in [2.45, 2.75) is 46.6 Å². The Morgan fingerprint density at radius 3 is 2.82 bits per heavy atom. The maximum Gasteiger partial charge on any atom is 0.255 e. The molecule has 3 aromatic rings. The number of ether oxygens (including phenoxy) is 1. The van der Waals surface area contributed by atoms with Gasteiger partial charge >= 0.3 is 0 Å². The molecule has 0 saturated carbocycles. The Morgan fingerprint density at radius 1 is 1.35 bits per heavy atom. The van der Waals surface area contributed by atoms with Crippen molar-refractivity contribution in [3.8, 4) is 5.75 Å². The number of nitrogens with zero attached hydrogens (tertiary/aromatic N) is 1. The summed E-state index contributed by atoms with van der Waals surface area (Å²) in [5, 5.41) is 3.79. The van der Waals surface area contributed by atoms with Gasteiger partial charge in [0.25, 0.3) is 5.91 Å². The van der Waals surface area contributed by atoms with Crippen molar-refractivity contribution in [2.24, 2.45) is 16.3 Å². The largest absolute Gasteiger partial charge is 0.495 e. The fourth-order valence-electron chi connectivity index (χ4n) is 4.32. The van der Waals surface area contributed by atoms with E-state index in [0.717, 1.165) is 54.0 Å². The molecule has 0 aliphatic heterocycles. The number of halogens is 2. The molecule has 0 unspecified atom stereocenters. The molecule has 1 N–H and O–H groups in total. The van der Waals surface area contributed by atoms with Crippen molar-refractivity contribution >= 4 is 73.6 Å². The summed E-state index contributed by atoms with van der Waals surface area (Å²) in [5.41, 5.74) is 2.99. The summed E-state index contributed by atoms with van der Waals surface area (Å²) in [6, 6.07) is 7.81. The van der Waals surface area contributed by atoms with Crippen LogP contribution in [0.1, 0.15) is 59.3 Å². The molecular formula is C26H28I2N2O3S. The van der Waals surface area contributed by atoms with Gasteiger partial charge in [0.1, 0.15) is 16.5 Å². The summed E-state index contributed by atoms with van der Waals surface area (Å²) in [4.78, 5) is 19.5. The third-order valence-corrected chi connectivity index (χ3v) is 8.85. The molecule has 0 bridgehead atoms. The van der Waals surface area contributed by atoms with E-state index in [-0.39, 0.29) is 11.3 Å². The van der Waals surface area contributed by atoms with Crippen molar-refractivity contribution < 1.29 is 13.9 Å². The van der Waals surface area contributed by atoms with E-state index in [1.807, 2.05) is 24.4 Å². The molecule has 1 aromatic carbocycles. The smallest absolute Gasteiger partial charge is 0.255 e. The van der Waals surface area contributed by atoms with Crippen molar-refractivity contribution in [3.63, 3.8) is 0 Å². The van der Waals surface area contributed by atoms with E-state index in [1.165, 1.54) is 4.88 Å². The fraction of sp³-hybridized carbons (Fsp3) is 0.385. The SMILES string of the molecule is COc1c(I)cc(I)cc1C=Nc1sc2c(c1C(=O)NCc1ccco1)CC[C@@H](C(C)(C)C)C2. The second kappa shape index (κ2) is 10.7. The van der Waals surface area contributed by atoms with Crippen LogP contribution >= 0.6 is 56.5 Å². The average Bonchev–Trinajstić information content (AvgIpc) is 3.42. The van der Waals surface area contributed by atoms with E-state index >= 15 is 0 Å². The number of carbonyl (C=O) groups excluding carboxylic acids is 1. The Bertz CT molecular complexity index is 1210. The summed E-state index contributed by atoms with van der Waals surface area (Å²) < 4.78 is 13.2. The van der Waals surface area contributed by atoms with E-state index in [9.17, 15) is 4.79 Å². The van der Waals surface area contributed by atoms with E-state index in [1.54, 1.807) is 24.7 Å². The molecule has 1 aliphatic carbocycles. The highest BCUT2D eigenvalue weighted by Crippen LogP contribution is 2.45. The summed E-state index contributed by atoms with van der Waals surface area (Å²) >= 11 is 6.22. The number of hydrogen-bond acceptors (Lipinski definition) is 5. The van der Waals surface area contributed by atoms with Gasteiger partial charge in [-0.1, -0.05) is 20.8 Å². The molecule has 2 heterocycles. The lowest BCUT2D eigenvalue weighted by Crippen LogP contribution is -2.28. The molecule has 1 aliphatic rings. The highest BCUT2D eigenvalue weighted by molar-refractivity contribution is 14.1. The van der Waals surface area contributed by atoms with E-state index in [4.69, 9.17) is 14.1 Å². The lowest BCUT2D eigenvalue weighted by molar-refractivity contribution is 0.0947. The normalized spacial score (nSPS) is 16.0. The van der Waals surface area contributed by atoms with E-state index in [0.29, 0.717) is 18.0 Å². The minimum atomic E-state index is -0.0977. The number of amides is 1. The second-order valence-corrected chi connectivity index (χ2v) is 13.0. The highest BCUT2D eigenvalue weighted by atomic mass is 127. The zero-order valence-corrected chi connectivity index (χ0v) is 24.8. The van der Waals surface area contributed by atoms with Gasteiger partial charge in [-0.05, 0) is 106 Å². The zero-order valence-electron chi connectivity index (χ0n) is 19.7. The molecule has 4 rings (SSSR count). The number of benzene rings is 1. The Balaban J connectivity index is 1.70. The zero-order chi connectivity index (χ0) is 24.5. The van der Waals surface area contributed by atoms with Gasteiger partial charge in [0.15, 0.2) is 0 Å². The number of furan rings is 1. The molecular weight excluding hydrogens is 674 g/mol. The summed E-state index contributed by atoms with van der Waals surface area (Å²) in [6.45, 7) is 7.26. The topological polar surface area (TPSA) is 63.8 Å². The van der Waals surface area contributed by atoms with Crippen LogP contribution in [0, 0.1) is 18.5 Å². The molecule has 8 heteroatoms. The van der Waals surface area contributed by atoms with Gasteiger partial charge in [0, 0.05) is 20.2 Å². The molecule has 0 spiro atoms. The van der Waals surface area contributed by atoms with Crippen molar-refractivity contribution in [3.05, 3.63) is 65.0 Å². The van der Waals surface area contributed by atoms with Crippen LogP contribution in [0.4, 0.5) is 5.00 Å². The average molecular weight is 702 g/mol. The molecule has 1 atom stereocenters. The van der Waals surface area contributed by atoms with Crippen LogP contribution in [0.5, 0.6) is 5.75 Å². The van der Waals surface area contributed by atoms with Gasteiger partial charge in [-0.25, -0.2) is 4.99 Å². The van der Waals surface area contributed by atoms with Crippen LogP contribution in [0.3, 0.4) is 0 Å². The molecule has 0 radical (unpaired) electrons. The first-order valence-corrected chi connectivity index (χ1v) is 14.2. The first kappa shape index (κ1) is 25.7. The van der Waals surface area contributed by atoms with Gasteiger partial charge in [-0.3, -0.25) is 4.79 Å². The first-order valence-electron chi connectivity index (χ1n) is 11.2. The van der Waals surface area contributed by atoms with E-state index < -0.39 is 0 Å². The highest BCUT2D eigenvalue weighted by Gasteiger charge is 2.33. The molecule has 2 aromatic heterocycles. The molecule has 34 heavy (non-hydrogen) atoms. The number of rotatable bonds is 6. The van der Waals surface area contributed by atoms with E-state index in [2.05, 4.69) is 77.3 Å². The number of thiophene rings is 1. The van der Waals surface area contributed by atoms with Gasteiger partial charge < -0.3 is 14.5 Å². The number of carbonyl (C=O) groups is 1. The van der Waals surface area contributed by atoms with Gasteiger partial charge in [0.2, 0.25) is 0 Å². The predicted molar refractivity (Wildman–Crippen MR) is 155 cm³/mol. The van der Waals surface area contributed by atoms with Crippen LogP contribution in [-0.4, -0.2) is 19.2 Å². The number of aliphatic imine (C=N–C) groups is 1. The van der Waals surface area contributed by atoms with Gasteiger partial charge in [-0.2, -0.15) is 0 Å². The lowest BCUT2D eigenvalue weighted by atomic mass is 9.72. The Kier molecular flexibility index (Phi) is 8.08. The maximum absolute atomic E-state index is 13.4. The third-order valence-electron chi connectivity index (χ3n) is 6.26. The minimum absolute atomic E-state index is 0.0977. The second-order valence-electron chi connectivity index (χ2n) is 9.52. The predicted octanol–water partition coefficient (Wildman–Crippen LogP) is 7.39. The van der Waals surface area contributed by atoms with Crippen molar-refractivity contribution in [1.82, 2.24) is 5.32 Å². The number of nitrogens with one attached hydrogen (secondary N) is 1. The Morgan fingerprint density at radius 2 is 2.15 bits per heavy atom. The fourth-order valence-corrected chi connectivity index (χ4v) is 7.70. The quantitative estimate of drug-likeness (QED) is 0.215. The standard InChI is InChI=1S/C26H28I2N2O3S/c1-26(2,3)16-7-8-19-21(11-16)34-25(22(19)24(31)29-14-18-6-5-9-33-18)30-13-15-10-17(27)12-20(28)23(15)32-4/h5-6,9-10,12-13,16H,7-8,11,14H2,1-4H3,(H,29,31)/t16-/m1/s1. The first-order chi connectivity index (χ1) is 16.2. The molecule has 5 nitrogen and oxygen atoms in total. The Hall–Kier alpha value is -1.40. The van der Waals surface area contributed by atoms with Crippen molar-refractivity contribution in [2.75, 3.05) is 7.11 Å². The number of methoxy groups -OCH3 is 1. The Labute approximate surface area is 232 Å². The summed E-state index contributed by atoms with van der Waals surface area (Å²) in [6.07, 6.45) is 6.41. The van der Waals surface area contributed by atoms with Gasteiger partial charge in [-0.15, -0.1) is 11.3 Å². The lowest BCUT2D eigenvalue weighted by Gasteiger charge is -2.33. The third kappa shape index (κ3) is 5.70. The van der Waals surface area contributed by atoms with Crippen LogP contribution in [0.25, 0.3) is 0 Å². The van der Waals surface area contributed by atoms with Crippen LogP contribution in [-0.2, 0) is 19.4 Å². The molecule has 0 fully saturated rings. The number of fused-ring (bicyclic) bond motifs is 1. The monoisotopic (exact) mass is 702 g/mol. The maximum atomic E-state index is 13.4. The van der Waals surface area contributed by atoms with Crippen LogP contribution in [0.2, 0.25) is 0 Å². The van der Waals surface area contributed by atoms with Crippen molar-refractivity contribution in [1.29, 1.82) is 0 Å².